The quantitative estimate of drug-likeness (QED) is 0.103. The summed E-state index contributed by atoms with van der Waals surface area (Å²) in [6.07, 6.45) is 0.684. The lowest BCUT2D eigenvalue weighted by molar-refractivity contribution is -0.130. The van der Waals surface area contributed by atoms with Gasteiger partial charge in [-0.3, -0.25) is 38.6 Å². The van der Waals surface area contributed by atoms with Crippen LogP contribution in [-0.4, -0.2) is 144 Å². The fourth-order valence-corrected chi connectivity index (χ4v) is 11.3. The smallest absolute Gasteiger partial charge is 0.410 e. The van der Waals surface area contributed by atoms with Crippen LogP contribution in [-0.2, 0) is 41.7 Å². The molecule has 0 spiro atoms. The Bertz CT molecular complexity index is 3730. The number of anilines is 4. The van der Waals surface area contributed by atoms with E-state index in [9.17, 15) is 19.2 Å². The zero-order chi connectivity index (χ0) is 65.3. The Labute approximate surface area is 538 Å². The van der Waals surface area contributed by atoms with E-state index in [1.807, 2.05) is 48.5 Å². The largest absolute Gasteiger partial charge is 0.496 e. The monoisotopic (exact) mass is 1350 g/mol. The molecule has 8 amide bonds. The molecule has 0 bridgehead atoms. The zero-order valence-electron chi connectivity index (χ0n) is 51.9. The van der Waals surface area contributed by atoms with Gasteiger partial charge in [-0.1, -0.05) is 80.4 Å². The maximum Gasteiger partial charge on any atom is 0.410 e. The highest BCUT2D eigenvalue weighted by molar-refractivity contribution is 9.10. The van der Waals surface area contributed by atoms with Gasteiger partial charge in [0.1, 0.15) is 58.3 Å². The number of fused-ring (bicyclic) bond motifs is 4. The van der Waals surface area contributed by atoms with Crippen LogP contribution in [0.25, 0.3) is 21.5 Å². The van der Waals surface area contributed by atoms with E-state index in [1.165, 1.54) is 61.8 Å². The number of ether oxygens (including phenoxy) is 4. The van der Waals surface area contributed by atoms with Gasteiger partial charge in [-0.2, -0.15) is 0 Å². The Morgan fingerprint density at radius 2 is 0.911 bits per heavy atom. The molecule has 2 N–H and O–H groups in total. The lowest BCUT2D eigenvalue weighted by Gasteiger charge is -2.30. The molecular weight excluding hydrogens is 1280 g/mol. The molecule has 470 valence electrons. The molecule has 22 nitrogen and oxygen atoms in total. The molecule has 9 rings (SSSR count). The number of benzene rings is 6. The van der Waals surface area contributed by atoms with E-state index in [-0.39, 0.29) is 35.9 Å². The molecule has 6 aromatic carbocycles. The summed E-state index contributed by atoms with van der Waals surface area (Å²) in [4.78, 5) is 133. The first-order valence-electron chi connectivity index (χ1n) is 28.9. The third kappa shape index (κ3) is 14.0. The van der Waals surface area contributed by atoms with Crippen molar-refractivity contribution in [2.75, 3.05) is 61.0 Å². The lowest BCUT2D eigenvalue weighted by Crippen LogP contribution is -2.57. The van der Waals surface area contributed by atoms with E-state index in [2.05, 4.69) is 52.5 Å². The normalized spacial score (nSPS) is 15.8. The molecule has 0 unspecified atom stereocenters. The van der Waals surface area contributed by atoms with Crippen LogP contribution < -0.4 is 39.7 Å². The van der Waals surface area contributed by atoms with E-state index in [0.717, 1.165) is 52.7 Å². The second-order valence-corrected chi connectivity index (χ2v) is 25.7. The van der Waals surface area contributed by atoms with Crippen molar-refractivity contribution in [3.8, 4) is 11.5 Å². The molecule has 7 aromatic rings. The van der Waals surface area contributed by atoms with E-state index in [0.29, 0.717) is 34.0 Å². The lowest BCUT2D eigenvalue weighted by atomic mass is 10.0. The van der Waals surface area contributed by atoms with Crippen LogP contribution in [0.15, 0.2) is 131 Å². The Morgan fingerprint density at radius 3 is 1.24 bits per heavy atom. The topological polar surface area (TPSA) is 243 Å². The molecule has 4 atom stereocenters. The number of amides is 8. The van der Waals surface area contributed by atoms with Crippen molar-refractivity contribution in [3.63, 3.8) is 0 Å². The number of halogens is 2. The number of nitrogens with zero attached hydrogens (tertiary/aromatic N) is 8. The van der Waals surface area contributed by atoms with Gasteiger partial charge in [-0.25, -0.2) is 19.6 Å². The summed E-state index contributed by atoms with van der Waals surface area (Å²) >= 11 is 7.12. The molecule has 0 aliphatic carbocycles. The van der Waals surface area contributed by atoms with Gasteiger partial charge in [0.2, 0.25) is 11.8 Å². The molecule has 0 radical (unpaired) electrons. The average molecular weight is 1360 g/mol. The minimum atomic E-state index is -1.43. The van der Waals surface area contributed by atoms with Crippen molar-refractivity contribution in [2.45, 2.75) is 104 Å². The van der Waals surface area contributed by atoms with Gasteiger partial charge >= 0.3 is 12.2 Å². The van der Waals surface area contributed by atoms with Gasteiger partial charge in [-0.05, 0) is 138 Å². The Hall–Kier alpha value is -9.16. The molecule has 1 aromatic heterocycles. The van der Waals surface area contributed by atoms with Crippen molar-refractivity contribution >= 4 is 124 Å². The molecule has 2 aliphatic rings. The standard InChI is InChI=1S/C66H70Br2N10O12/c1-37(73(9)63(85)89-65(3,4)5)57(79)71-49-35-77(53-19-15-13-17-51(53)75(61(49)83)33-45-43-25-23-41(67)29-39(43)21-27-55(45)87-11)59(81)47-31-70-48(32-69-47)60(82)78-36-50(72-58(80)38(2)74(10)64(86)90-66(6,7)8)62(84)76(52-18-14-16-20-54(52)78)34-46-44-26-24-42(68)30-40(44)22-28-56(46)88-12/h13-32,37-38,49-50H,33-36H2,1-12H3,(H,71,79)(H,72,80)/t37-,38-,49-,50-/m0/s1. The Kier molecular flexibility index (Phi) is 19.2. The first-order valence-corrected chi connectivity index (χ1v) is 30.5. The van der Waals surface area contributed by atoms with Crippen LogP contribution >= 0.6 is 31.9 Å². The van der Waals surface area contributed by atoms with Gasteiger partial charge in [0.15, 0.2) is 0 Å². The minimum Gasteiger partial charge on any atom is -0.496 e. The molecule has 3 heterocycles. The zero-order valence-corrected chi connectivity index (χ0v) is 55.1. The molecule has 24 heteroatoms. The summed E-state index contributed by atoms with van der Waals surface area (Å²) in [5.41, 5.74) is 0.125. The van der Waals surface area contributed by atoms with Crippen molar-refractivity contribution in [1.82, 2.24) is 30.4 Å². The van der Waals surface area contributed by atoms with Gasteiger partial charge < -0.3 is 49.2 Å². The van der Waals surface area contributed by atoms with Crippen LogP contribution in [0.4, 0.5) is 32.3 Å². The number of likely N-dealkylation sites (N-methyl/N-ethyl adjacent to an activating group) is 2. The maximum atomic E-state index is 15.4. The SMILES string of the molecule is COc1ccc2cc(Br)ccc2c1CN1C(=O)[C@@H](NC(=O)[C@H](C)N(C)C(=O)OC(C)(C)C)CN(C(=O)c2cnc(C(=O)N3C[C@H](NC(=O)[C@H](C)N(C)C(=O)OC(C)(C)C)C(=O)N(Cc4c(OC)ccc5cc(Br)ccc45)c4ccccc43)cn2)c2ccccc21. The molecule has 0 saturated heterocycles. The second-order valence-electron chi connectivity index (χ2n) is 23.8. The number of hydrogen-bond donors (Lipinski definition) is 2. The number of rotatable bonds is 14. The van der Waals surface area contributed by atoms with Crippen LogP contribution in [0, 0.1) is 0 Å². The summed E-state index contributed by atoms with van der Waals surface area (Å²) in [6.45, 7) is 12.1. The fourth-order valence-electron chi connectivity index (χ4n) is 10.6. The summed E-state index contributed by atoms with van der Waals surface area (Å²) in [6, 6.07) is 27.1. The van der Waals surface area contributed by atoms with Crippen LogP contribution in [0.3, 0.4) is 0 Å². The Morgan fingerprint density at radius 1 is 0.556 bits per heavy atom. The minimum absolute atomic E-state index is 0.0818. The van der Waals surface area contributed by atoms with E-state index in [4.69, 9.17) is 18.9 Å². The summed E-state index contributed by atoms with van der Waals surface area (Å²) in [7, 11) is 5.85. The van der Waals surface area contributed by atoms with Crippen LogP contribution in [0.5, 0.6) is 11.5 Å². The second kappa shape index (κ2) is 26.5. The molecular formula is C66H70Br2N10O12. The highest BCUT2D eigenvalue weighted by Gasteiger charge is 2.42. The number of methoxy groups -OCH3 is 2. The van der Waals surface area contributed by atoms with Gasteiger partial charge in [-0.15, -0.1) is 0 Å². The number of carbonyl (C=O) groups excluding carboxylic acids is 8. The van der Waals surface area contributed by atoms with E-state index in [1.54, 1.807) is 102 Å². The summed E-state index contributed by atoms with van der Waals surface area (Å²) in [5.74, 6) is -3.21. The third-order valence-electron chi connectivity index (χ3n) is 15.5. The fraction of sp³-hybridized carbons (Fsp3) is 0.333. The van der Waals surface area contributed by atoms with Crippen molar-refractivity contribution in [2.24, 2.45) is 0 Å². The predicted octanol–water partition coefficient (Wildman–Crippen LogP) is 10.2. The number of aromatic nitrogens is 2. The number of para-hydroxylation sites is 4. The molecule has 0 fully saturated rings. The predicted molar refractivity (Wildman–Crippen MR) is 348 cm³/mol. The number of hydrogen-bond acceptors (Lipinski definition) is 14. The van der Waals surface area contributed by atoms with Gasteiger partial charge in [0, 0.05) is 34.2 Å². The number of carbonyl (C=O) groups is 8. The van der Waals surface area contributed by atoms with Gasteiger partial charge in [0.25, 0.3) is 23.6 Å². The van der Waals surface area contributed by atoms with Crippen LogP contribution in [0.2, 0.25) is 0 Å². The maximum absolute atomic E-state index is 15.4. The van der Waals surface area contributed by atoms with Crippen molar-refractivity contribution < 1.29 is 57.3 Å². The molecule has 0 saturated carbocycles. The highest BCUT2D eigenvalue weighted by Crippen LogP contribution is 2.41. The van der Waals surface area contributed by atoms with E-state index >= 15 is 19.2 Å². The van der Waals surface area contributed by atoms with Gasteiger partial charge in [0.05, 0.1) is 75.5 Å². The van der Waals surface area contributed by atoms with Crippen LogP contribution in [0.1, 0.15) is 87.5 Å². The van der Waals surface area contributed by atoms with Crippen molar-refractivity contribution in [1.29, 1.82) is 0 Å². The molecule has 2 aliphatic heterocycles. The summed E-state index contributed by atoms with van der Waals surface area (Å²) in [5, 5.41) is 8.92. The highest BCUT2D eigenvalue weighted by atomic mass is 79.9. The van der Waals surface area contributed by atoms with Crippen molar-refractivity contribution in [3.05, 3.63) is 153 Å². The first-order chi connectivity index (χ1) is 42.6. The third-order valence-corrected chi connectivity index (χ3v) is 16.4. The van der Waals surface area contributed by atoms with E-state index < -0.39 is 96.1 Å². The summed E-state index contributed by atoms with van der Waals surface area (Å²) < 4.78 is 24.5. The molecule has 90 heavy (non-hydrogen) atoms. The first kappa shape index (κ1) is 65.3. The average Bonchev–Trinajstić information content (AvgIpc) is 1.50. The number of nitrogens with one attached hydrogen (secondary N) is 2. The Balaban J connectivity index is 1.08.